The van der Waals surface area contributed by atoms with Gasteiger partial charge in [0.2, 0.25) is 5.91 Å². The molecule has 3 rings (SSSR count). The van der Waals surface area contributed by atoms with Gasteiger partial charge in [-0.1, -0.05) is 36.4 Å². The molecule has 1 amide bonds. The van der Waals surface area contributed by atoms with E-state index in [1.807, 2.05) is 47.0 Å². The van der Waals surface area contributed by atoms with Crippen LogP contribution in [-0.2, 0) is 17.6 Å². The fourth-order valence-electron chi connectivity index (χ4n) is 2.72. The molecule has 0 saturated carbocycles. The molecule has 124 valence electrons. The van der Waals surface area contributed by atoms with Crippen LogP contribution in [0.25, 0.3) is 5.65 Å². The number of amides is 1. The third-order valence-electron chi connectivity index (χ3n) is 4.00. The first-order chi connectivity index (χ1) is 11.8. The highest BCUT2D eigenvalue weighted by molar-refractivity contribution is 5.75. The second-order valence-electron chi connectivity index (χ2n) is 5.84. The molecule has 0 unspecified atom stereocenters. The SMILES string of the molecule is O=C(CCCc1ccccc1)NCCCc1nnc2ccccn12. The lowest BCUT2D eigenvalue weighted by molar-refractivity contribution is -0.121. The number of rotatable bonds is 8. The van der Waals surface area contributed by atoms with Gasteiger partial charge in [-0.15, -0.1) is 10.2 Å². The van der Waals surface area contributed by atoms with E-state index in [1.165, 1.54) is 5.56 Å². The van der Waals surface area contributed by atoms with Crippen LogP contribution < -0.4 is 5.32 Å². The zero-order chi connectivity index (χ0) is 16.6. The number of carbonyl (C=O) groups excluding carboxylic acids is 1. The van der Waals surface area contributed by atoms with Crippen LogP contribution in [0.4, 0.5) is 0 Å². The molecule has 1 N–H and O–H groups in total. The van der Waals surface area contributed by atoms with Crippen molar-refractivity contribution in [2.24, 2.45) is 0 Å². The zero-order valence-corrected chi connectivity index (χ0v) is 13.7. The summed E-state index contributed by atoms with van der Waals surface area (Å²) < 4.78 is 1.99. The average molecular weight is 322 g/mol. The monoisotopic (exact) mass is 322 g/mol. The van der Waals surface area contributed by atoms with Crippen molar-refractivity contribution < 1.29 is 4.79 Å². The summed E-state index contributed by atoms with van der Waals surface area (Å²) in [6.07, 6.45) is 6.02. The van der Waals surface area contributed by atoms with Crippen molar-refractivity contribution in [2.75, 3.05) is 6.54 Å². The van der Waals surface area contributed by atoms with E-state index in [4.69, 9.17) is 0 Å². The number of pyridine rings is 1. The summed E-state index contributed by atoms with van der Waals surface area (Å²) in [5.41, 5.74) is 2.14. The van der Waals surface area contributed by atoms with Crippen LogP contribution in [0.2, 0.25) is 0 Å². The number of fused-ring (bicyclic) bond motifs is 1. The number of carbonyl (C=O) groups is 1. The van der Waals surface area contributed by atoms with Crippen molar-refractivity contribution in [1.29, 1.82) is 0 Å². The molecule has 0 aliphatic carbocycles. The van der Waals surface area contributed by atoms with Crippen LogP contribution in [0.5, 0.6) is 0 Å². The molecule has 0 fully saturated rings. The topological polar surface area (TPSA) is 59.3 Å². The molecule has 2 aromatic heterocycles. The summed E-state index contributed by atoms with van der Waals surface area (Å²) in [7, 11) is 0. The first-order valence-electron chi connectivity index (χ1n) is 8.42. The molecule has 0 aliphatic rings. The van der Waals surface area contributed by atoms with E-state index in [2.05, 4.69) is 27.6 Å². The minimum Gasteiger partial charge on any atom is -0.356 e. The Morgan fingerprint density at radius 2 is 1.79 bits per heavy atom. The molecule has 24 heavy (non-hydrogen) atoms. The van der Waals surface area contributed by atoms with E-state index < -0.39 is 0 Å². The molecule has 0 radical (unpaired) electrons. The van der Waals surface area contributed by atoms with Gasteiger partial charge >= 0.3 is 0 Å². The number of aromatic nitrogens is 3. The molecule has 1 aromatic carbocycles. The quantitative estimate of drug-likeness (QED) is 0.649. The van der Waals surface area contributed by atoms with Crippen LogP contribution in [0.15, 0.2) is 54.7 Å². The second-order valence-corrected chi connectivity index (χ2v) is 5.84. The molecule has 0 aliphatic heterocycles. The lowest BCUT2D eigenvalue weighted by Gasteiger charge is -2.05. The Bertz CT molecular complexity index is 782. The Morgan fingerprint density at radius 1 is 0.958 bits per heavy atom. The summed E-state index contributed by atoms with van der Waals surface area (Å²) in [6.45, 7) is 0.673. The second kappa shape index (κ2) is 8.24. The number of benzene rings is 1. The van der Waals surface area contributed by atoms with Crippen LogP contribution in [0.3, 0.4) is 0 Å². The third kappa shape index (κ3) is 4.41. The van der Waals surface area contributed by atoms with Gasteiger partial charge in [-0.2, -0.15) is 0 Å². The predicted octanol–water partition coefficient (Wildman–Crippen LogP) is 2.80. The van der Waals surface area contributed by atoms with Gasteiger partial charge in [-0.3, -0.25) is 9.20 Å². The van der Waals surface area contributed by atoms with Gasteiger partial charge in [-0.25, -0.2) is 0 Å². The summed E-state index contributed by atoms with van der Waals surface area (Å²) in [6, 6.07) is 16.1. The molecule has 3 aromatic rings. The summed E-state index contributed by atoms with van der Waals surface area (Å²) in [5, 5.41) is 11.3. The molecule has 0 saturated heterocycles. The van der Waals surface area contributed by atoms with Gasteiger partial charge in [0.05, 0.1) is 0 Å². The van der Waals surface area contributed by atoms with Crippen LogP contribution >= 0.6 is 0 Å². The molecule has 5 nitrogen and oxygen atoms in total. The van der Waals surface area contributed by atoms with Crippen molar-refractivity contribution in [3.05, 3.63) is 66.1 Å². The third-order valence-corrected chi connectivity index (χ3v) is 4.00. The first-order valence-corrected chi connectivity index (χ1v) is 8.42. The molecular weight excluding hydrogens is 300 g/mol. The van der Waals surface area contributed by atoms with Crippen LogP contribution in [-0.4, -0.2) is 27.0 Å². The fraction of sp³-hybridized carbons (Fsp3) is 0.316. The highest BCUT2D eigenvalue weighted by Gasteiger charge is 2.05. The normalized spacial score (nSPS) is 10.8. The van der Waals surface area contributed by atoms with E-state index in [1.54, 1.807) is 0 Å². The maximum Gasteiger partial charge on any atom is 0.220 e. The maximum atomic E-state index is 11.9. The van der Waals surface area contributed by atoms with E-state index in [-0.39, 0.29) is 5.91 Å². The molecule has 0 spiro atoms. The Kier molecular flexibility index (Phi) is 5.56. The zero-order valence-electron chi connectivity index (χ0n) is 13.7. The van der Waals surface area contributed by atoms with Gasteiger partial charge in [-0.05, 0) is 37.0 Å². The average Bonchev–Trinajstić information content (AvgIpc) is 3.03. The number of hydrogen-bond donors (Lipinski definition) is 1. The van der Waals surface area contributed by atoms with Gasteiger partial charge in [0.15, 0.2) is 5.65 Å². The van der Waals surface area contributed by atoms with Gasteiger partial charge in [0.1, 0.15) is 5.82 Å². The molecule has 0 atom stereocenters. The Labute approximate surface area is 141 Å². The molecule has 0 bridgehead atoms. The fourth-order valence-corrected chi connectivity index (χ4v) is 2.72. The van der Waals surface area contributed by atoms with Gasteiger partial charge in [0.25, 0.3) is 0 Å². The number of aryl methyl sites for hydroxylation is 2. The maximum absolute atomic E-state index is 11.9. The van der Waals surface area contributed by atoms with Crippen molar-refractivity contribution in [3.63, 3.8) is 0 Å². The van der Waals surface area contributed by atoms with E-state index >= 15 is 0 Å². The van der Waals surface area contributed by atoms with Crippen molar-refractivity contribution >= 4 is 11.6 Å². The Hall–Kier alpha value is -2.69. The van der Waals surface area contributed by atoms with Gasteiger partial charge < -0.3 is 5.32 Å². The van der Waals surface area contributed by atoms with Crippen LogP contribution in [0.1, 0.15) is 30.7 Å². The highest BCUT2D eigenvalue weighted by atomic mass is 16.1. The van der Waals surface area contributed by atoms with Crippen molar-refractivity contribution in [1.82, 2.24) is 19.9 Å². The molecule has 2 heterocycles. The van der Waals surface area contributed by atoms with Crippen molar-refractivity contribution in [3.8, 4) is 0 Å². The number of nitrogens with zero attached hydrogens (tertiary/aromatic N) is 3. The van der Waals surface area contributed by atoms with E-state index in [0.717, 1.165) is 37.2 Å². The molecular formula is C19H22N4O. The lowest BCUT2D eigenvalue weighted by atomic mass is 10.1. The van der Waals surface area contributed by atoms with E-state index in [0.29, 0.717) is 13.0 Å². The van der Waals surface area contributed by atoms with Crippen molar-refractivity contribution in [2.45, 2.75) is 32.1 Å². The summed E-state index contributed by atoms with van der Waals surface area (Å²) in [4.78, 5) is 11.9. The predicted molar refractivity (Wildman–Crippen MR) is 93.7 cm³/mol. The van der Waals surface area contributed by atoms with E-state index in [9.17, 15) is 4.79 Å². The minimum absolute atomic E-state index is 0.122. The number of nitrogens with one attached hydrogen (secondary N) is 1. The Morgan fingerprint density at radius 3 is 2.67 bits per heavy atom. The minimum atomic E-state index is 0.122. The highest BCUT2D eigenvalue weighted by Crippen LogP contribution is 2.06. The standard InChI is InChI=1S/C19H22N4O/c24-19(13-6-10-16-8-2-1-3-9-16)20-14-7-12-18-22-21-17-11-4-5-15-23(17)18/h1-5,8-9,11,15H,6-7,10,12-14H2,(H,20,24). The molecule has 5 heteroatoms. The first kappa shape index (κ1) is 16.2. The summed E-state index contributed by atoms with van der Waals surface area (Å²) in [5.74, 6) is 1.06. The Balaban J connectivity index is 1.33. The smallest absolute Gasteiger partial charge is 0.220 e. The largest absolute Gasteiger partial charge is 0.356 e. The summed E-state index contributed by atoms with van der Waals surface area (Å²) >= 11 is 0. The number of hydrogen-bond acceptors (Lipinski definition) is 3. The lowest BCUT2D eigenvalue weighted by Crippen LogP contribution is -2.24. The van der Waals surface area contributed by atoms with Gasteiger partial charge in [0, 0.05) is 25.6 Å². The van der Waals surface area contributed by atoms with Crippen LogP contribution in [0, 0.1) is 0 Å².